The van der Waals surface area contributed by atoms with Crippen LogP contribution in [0.5, 0.6) is 0 Å². The molecule has 304 valence electrons. The minimum atomic E-state index is -1.14. The van der Waals surface area contributed by atoms with Crippen LogP contribution in [0.25, 0.3) is 0 Å². The molecule has 0 aliphatic heterocycles. The van der Waals surface area contributed by atoms with Crippen molar-refractivity contribution in [2.45, 2.75) is 130 Å². The molecule has 0 heterocycles. The summed E-state index contributed by atoms with van der Waals surface area (Å²) in [6, 6.07) is 17.5. The van der Waals surface area contributed by atoms with E-state index in [2.05, 4.69) is 20.8 Å². The highest BCUT2D eigenvalue weighted by molar-refractivity contribution is 5.90. The number of aliphatic carboxylic acids is 2. The van der Waals surface area contributed by atoms with Crippen LogP contribution in [0.2, 0.25) is 0 Å². The average Bonchev–Trinajstić information content (AvgIpc) is 3.15. The van der Waals surface area contributed by atoms with Gasteiger partial charge in [-0.25, -0.2) is 9.59 Å². The molecule has 0 atom stereocenters. The Morgan fingerprint density at radius 3 is 1.41 bits per heavy atom. The number of carboxylic acids is 2. The van der Waals surface area contributed by atoms with Crippen LogP contribution >= 0.6 is 0 Å². The Hall–Kier alpha value is -4.25. The van der Waals surface area contributed by atoms with Crippen LogP contribution in [0.3, 0.4) is 0 Å². The van der Waals surface area contributed by atoms with Crippen LogP contribution in [0.1, 0.15) is 151 Å². The summed E-state index contributed by atoms with van der Waals surface area (Å²) in [5.41, 5.74) is 1.01. The van der Waals surface area contributed by atoms with E-state index in [0.717, 1.165) is 38.0 Å². The summed E-state index contributed by atoms with van der Waals surface area (Å²) in [4.78, 5) is 54.5. The van der Waals surface area contributed by atoms with Gasteiger partial charge in [0.25, 0.3) is 0 Å². The molecule has 0 spiro atoms. The first-order valence-corrected chi connectivity index (χ1v) is 19.7. The van der Waals surface area contributed by atoms with Crippen molar-refractivity contribution >= 4 is 29.8 Å². The Balaban J connectivity index is 0.000000812. The summed E-state index contributed by atoms with van der Waals surface area (Å²) in [6.07, 6.45) is 17.7. The summed E-state index contributed by atoms with van der Waals surface area (Å²) in [5, 5.41) is 16.7. The third-order valence-corrected chi connectivity index (χ3v) is 7.92. The number of carbonyl (C=O) groups is 5. The average molecular weight is 759 g/mol. The molecule has 2 aromatic rings. The highest BCUT2D eigenvalue weighted by Gasteiger charge is 2.09. The van der Waals surface area contributed by atoms with Gasteiger partial charge in [-0.1, -0.05) is 141 Å². The minimum Gasteiger partial charge on any atom is -0.481 e. The normalized spacial score (nSPS) is 10.3. The van der Waals surface area contributed by atoms with Crippen molar-refractivity contribution in [3.05, 3.63) is 71.8 Å². The van der Waals surface area contributed by atoms with Crippen molar-refractivity contribution in [1.82, 2.24) is 0 Å². The molecule has 11 heteroatoms. The zero-order valence-electron chi connectivity index (χ0n) is 33.0. The fraction of sp³-hybridized carbons (Fsp3) is 0.605. The molecule has 0 bridgehead atoms. The van der Waals surface area contributed by atoms with Crippen LogP contribution in [0.4, 0.5) is 0 Å². The fourth-order valence-corrected chi connectivity index (χ4v) is 4.94. The first kappa shape index (κ1) is 49.8. The molecule has 0 aliphatic rings. The topological polar surface area (TPSA) is 163 Å². The van der Waals surface area contributed by atoms with E-state index in [1.165, 1.54) is 64.2 Å². The standard InChI is InChI=1S/C18H18O5.C13H24O4.C12H24O2/c19-17(15-7-3-1-4-8-15)22-13-11-21-12-14-23-18(20)16-9-5-2-6-10-16;1-11(2)8-6-4-3-5-7-9-17-13(16)10-12(14)15;1-2-3-4-5-6-7-8-9-10-11-12(13)14/h1-10H,11-14H2;11H,3-10H2,1-2H3,(H,14,15);2-11H2,1H3,(H,13,14). The molecule has 54 heavy (non-hydrogen) atoms. The van der Waals surface area contributed by atoms with E-state index in [9.17, 15) is 24.0 Å². The zero-order chi connectivity index (χ0) is 40.1. The molecule has 11 nitrogen and oxygen atoms in total. The van der Waals surface area contributed by atoms with Crippen molar-refractivity contribution in [2.24, 2.45) is 5.92 Å². The molecule has 2 N–H and O–H groups in total. The minimum absolute atomic E-state index is 0.153. The lowest BCUT2D eigenvalue weighted by Crippen LogP contribution is -2.14. The molecule has 0 saturated carbocycles. The Labute approximate surface area is 323 Å². The first-order chi connectivity index (χ1) is 26.1. The summed E-state index contributed by atoms with van der Waals surface area (Å²) >= 11 is 0. The van der Waals surface area contributed by atoms with Crippen molar-refractivity contribution < 1.29 is 53.1 Å². The van der Waals surface area contributed by atoms with E-state index in [1.54, 1.807) is 48.5 Å². The maximum Gasteiger partial charge on any atom is 0.338 e. The second-order valence-electron chi connectivity index (χ2n) is 13.3. The molecule has 0 amide bonds. The van der Waals surface area contributed by atoms with Crippen LogP contribution in [0.15, 0.2) is 60.7 Å². The number of hydrogen-bond donors (Lipinski definition) is 2. The van der Waals surface area contributed by atoms with Crippen molar-refractivity contribution in [3.8, 4) is 0 Å². The van der Waals surface area contributed by atoms with Gasteiger partial charge in [-0.2, -0.15) is 0 Å². The summed E-state index contributed by atoms with van der Waals surface area (Å²) in [7, 11) is 0. The Morgan fingerprint density at radius 1 is 0.519 bits per heavy atom. The van der Waals surface area contributed by atoms with Crippen LogP contribution in [0, 0.1) is 5.92 Å². The largest absolute Gasteiger partial charge is 0.481 e. The van der Waals surface area contributed by atoms with Crippen LogP contribution in [-0.4, -0.2) is 73.1 Å². The third kappa shape index (κ3) is 33.6. The van der Waals surface area contributed by atoms with Gasteiger partial charge in [0.1, 0.15) is 19.6 Å². The van der Waals surface area contributed by atoms with Crippen LogP contribution < -0.4 is 0 Å². The summed E-state index contributed by atoms with van der Waals surface area (Å²) in [6.45, 7) is 7.83. The van der Waals surface area contributed by atoms with Gasteiger partial charge in [0.05, 0.1) is 30.9 Å². The van der Waals surface area contributed by atoms with Gasteiger partial charge in [0.15, 0.2) is 0 Å². The molecule has 0 aromatic heterocycles. The molecule has 0 radical (unpaired) electrons. The van der Waals surface area contributed by atoms with Crippen molar-refractivity contribution in [3.63, 3.8) is 0 Å². The van der Waals surface area contributed by atoms with Gasteiger partial charge in [0.2, 0.25) is 0 Å². The lowest BCUT2D eigenvalue weighted by molar-refractivity contribution is -0.151. The van der Waals surface area contributed by atoms with Gasteiger partial charge < -0.3 is 29.2 Å². The molecule has 2 rings (SSSR count). The van der Waals surface area contributed by atoms with Gasteiger partial charge in [-0.3, -0.25) is 14.4 Å². The van der Waals surface area contributed by atoms with Crippen molar-refractivity contribution in [2.75, 3.05) is 33.0 Å². The number of esters is 3. The predicted octanol–water partition coefficient (Wildman–Crippen LogP) is 9.71. The lowest BCUT2D eigenvalue weighted by atomic mass is 10.0. The molecule has 0 fully saturated rings. The maximum absolute atomic E-state index is 11.6. The number of hydrogen-bond acceptors (Lipinski definition) is 9. The Kier molecular flexibility index (Phi) is 32.9. The van der Waals surface area contributed by atoms with E-state index in [4.69, 9.17) is 29.2 Å². The molecule has 0 saturated heterocycles. The number of ether oxygens (including phenoxy) is 4. The number of carbonyl (C=O) groups excluding carboxylic acids is 3. The van der Waals surface area contributed by atoms with E-state index in [0.29, 0.717) is 24.2 Å². The van der Waals surface area contributed by atoms with Gasteiger partial charge in [-0.05, 0) is 43.0 Å². The Bertz CT molecular complexity index is 1180. The SMILES string of the molecule is CC(C)CCCCCCCOC(=O)CC(=O)O.CCCCCCCCCCCC(=O)O.O=C(OCCOCCOC(=O)c1ccccc1)c1ccccc1. The van der Waals surface area contributed by atoms with Gasteiger partial charge in [-0.15, -0.1) is 0 Å². The first-order valence-electron chi connectivity index (χ1n) is 19.7. The smallest absolute Gasteiger partial charge is 0.338 e. The van der Waals surface area contributed by atoms with E-state index < -0.39 is 24.3 Å². The summed E-state index contributed by atoms with van der Waals surface area (Å²) < 4.78 is 20.1. The second-order valence-corrected chi connectivity index (χ2v) is 13.3. The van der Waals surface area contributed by atoms with Gasteiger partial charge >= 0.3 is 29.8 Å². The van der Waals surface area contributed by atoms with Crippen molar-refractivity contribution in [1.29, 1.82) is 0 Å². The number of unbranched alkanes of at least 4 members (excludes halogenated alkanes) is 12. The highest BCUT2D eigenvalue weighted by Crippen LogP contribution is 2.11. The molecular weight excluding hydrogens is 692 g/mol. The maximum atomic E-state index is 11.6. The number of rotatable bonds is 28. The number of benzene rings is 2. The lowest BCUT2D eigenvalue weighted by Gasteiger charge is -2.07. The highest BCUT2D eigenvalue weighted by atomic mass is 16.6. The van der Waals surface area contributed by atoms with Crippen LogP contribution in [-0.2, 0) is 33.3 Å². The fourth-order valence-electron chi connectivity index (χ4n) is 4.94. The summed E-state index contributed by atoms with van der Waals surface area (Å²) in [5.74, 6) is -2.43. The second kappa shape index (κ2) is 35.8. The van der Waals surface area contributed by atoms with E-state index in [-0.39, 0.29) is 38.4 Å². The predicted molar refractivity (Wildman–Crippen MR) is 209 cm³/mol. The molecule has 0 aliphatic carbocycles. The quantitative estimate of drug-likeness (QED) is 0.0368. The molecular formula is C43H66O11. The Morgan fingerprint density at radius 2 is 0.963 bits per heavy atom. The monoisotopic (exact) mass is 758 g/mol. The third-order valence-electron chi connectivity index (χ3n) is 7.92. The molecule has 2 aromatic carbocycles. The zero-order valence-corrected chi connectivity index (χ0v) is 33.0. The van der Waals surface area contributed by atoms with E-state index >= 15 is 0 Å². The number of carboxylic acid groups (broad SMARTS) is 2. The molecule has 0 unspecified atom stereocenters. The van der Waals surface area contributed by atoms with Gasteiger partial charge in [0, 0.05) is 6.42 Å². The van der Waals surface area contributed by atoms with E-state index in [1.807, 2.05) is 12.1 Å².